The van der Waals surface area contributed by atoms with Gasteiger partial charge in [0.25, 0.3) is 0 Å². The van der Waals surface area contributed by atoms with Gasteiger partial charge in [0.1, 0.15) is 5.75 Å². The number of hydrogen-bond acceptors (Lipinski definition) is 3. The normalized spacial score (nSPS) is 25.1. The average molecular weight is 274 g/mol. The third kappa shape index (κ3) is 2.52. The molecule has 2 N–H and O–H groups in total. The summed E-state index contributed by atoms with van der Waals surface area (Å²) in [5.41, 5.74) is 6.66. The number of hydrogen-bond donors (Lipinski definition) is 1. The van der Waals surface area contributed by atoms with Crippen LogP contribution >= 0.6 is 0 Å². The van der Waals surface area contributed by atoms with E-state index in [4.69, 9.17) is 10.5 Å². The second-order valence-corrected chi connectivity index (χ2v) is 5.74. The molecule has 1 aromatic carbocycles. The Morgan fingerprint density at radius 1 is 1.35 bits per heavy atom. The number of likely N-dealkylation sites (tertiary alicyclic amines) is 1. The zero-order chi connectivity index (χ0) is 13.9. The van der Waals surface area contributed by atoms with Crippen LogP contribution in [0, 0.1) is 5.92 Å². The molecular weight excluding hydrogens is 252 g/mol. The van der Waals surface area contributed by atoms with Crippen molar-refractivity contribution in [2.45, 2.75) is 25.2 Å². The van der Waals surface area contributed by atoms with Gasteiger partial charge in [-0.2, -0.15) is 0 Å². The smallest absolute Gasteiger partial charge is 0.230 e. The highest BCUT2D eigenvalue weighted by Gasteiger charge is 2.34. The molecule has 0 aromatic heterocycles. The summed E-state index contributed by atoms with van der Waals surface area (Å²) in [4.78, 5) is 14.8. The first-order valence-electron chi connectivity index (χ1n) is 7.50. The number of nitrogens with two attached hydrogens (primary N) is 1. The fourth-order valence-electron chi connectivity index (χ4n) is 3.32. The third-order valence-corrected chi connectivity index (χ3v) is 4.43. The molecule has 0 saturated carbocycles. The van der Waals surface area contributed by atoms with Gasteiger partial charge < -0.3 is 15.4 Å². The zero-order valence-electron chi connectivity index (χ0n) is 11.8. The van der Waals surface area contributed by atoms with Crippen molar-refractivity contribution in [3.05, 3.63) is 29.8 Å². The highest BCUT2D eigenvalue weighted by molar-refractivity contribution is 5.85. The number of rotatable bonds is 3. The molecule has 0 radical (unpaired) electrons. The predicted molar refractivity (Wildman–Crippen MR) is 77.7 cm³/mol. The van der Waals surface area contributed by atoms with Crippen LogP contribution in [-0.4, -0.2) is 37.0 Å². The molecule has 2 atom stereocenters. The molecule has 2 heterocycles. The fraction of sp³-hybridized carbons (Fsp3) is 0.562. The standard InChI is InChI=1S/C16H22N2O2/c17-8-5-12-6-9-18(11-12)16(19)14-7-10-20-15-4-2-1-3-13(14)15/h1-4,12,14H,5-11,17H2. The van der Waals surface area contributed by atoms with Gasteiger partial charge in [0.05, 0.1) is 12.5 Å². The maximum absolute atomic E-state index is 12.8. The molecule has 4 nitrogen and oxygen atoms in total. The average Bonchev–Trinajstić information content (AvgIpc) is 2.95. The van der Waals surface area contributed by atoms with E-state index in [-0.39, 0.29) is 11.8 Å². The number of carbonyl (C=O) groups excluding carboxylic acids is 1. The molecule has 1 amide bonds. The molecule has 4 heteroatoms. The lowest BCUT2D eigenvalue weighted by atomic mass is 9.92. The number of para-hydroxylation sites is 1. The first-order chi connectivity index (χ1) is 9.79. The Labute approximate surface area is 119 Å². The molecule has 20 heavy (non-hydrogen) atoms. The number of carbonyl (C=O) groups is 1. The number of fused-ring (bicyclic) bond motifs is 1. The van der Waals surface area contributed by atoms with Crippen LogP contribution in [0.3, 0.4) is 0 Å². The number of amides is 1. The van der Waals surface area contributed by atoms with Crippen molar-refractivity contribution in [3.8, 4) is 5.75 Å². The molecule has 2 aliphatic heterocycles. The van der Waals surface area contributed by atoms with Crippen LogP contribution in [0.25, 0.3) is 0 Å². The van der Waals surface area contributed by atoms with E-state index >= 15 is 0 Å². The maximum atomic E-state index is 12.8. The molecule has 1 aromatic rings. The monoisotopic (exact) mass is 274 g/mol. The van der Waals surface area contributed by atoms with Crippen molar-refractivity contribution in [3.63, 3.8) is 0 Å². The van der Waals surface area contributed by atoms with Gasteiger partial charge in [-0.1, -0.05) is 18.2 Å². The Kier molecular flexibility index (Phi) is 3.92. The summed E-state index contributed by atoms with van der Waals surface area (Å²) in [6.45, 7) is 3.10. The summed E-state index contributed by atoms with van der Waals surface area (Å²) < 4.78 is 5.64. The van der Waals surface area contributed by atoms with E-state index in [1.165, 1.54) is 0 Å². The second kappa shape index (κ2) is 5.83. The van der Waals surface area contributed by atoms with Gasteiger partial charge >= 0.3 is 0 Å². The summed E-state index contributed by atoms with van der Waals surface area (Å²) in [6.07, 6.45) is 2.90. The van der Waals surface area contributed by atoms with E-state index in [0.717, 1.165) is 43.7 Å². The molecule has 0 bridgehead atoms. The molecule has 1 fully saturated rings. The van der Waals surface area contributed by atoms with Crippen LogP contribution in [-0.2, 0) is 4.79 Å². The van der Waals surface area contributed by atoms with Gasteiger partial charge in [0.15, 0.2) is 0 Å². The second-order valence-electron chi connectivity index (χ2n) is 5.74. The summed E-state index contributed by atoms with van der Waals surface area (Å²) >= 11 is 0. The predicted octanol–water partition coefficient (Wildman–Crippen LogP) is 1.75. The molecule has 0 aliphatic carbocycles. The highest BCUT2D eigenvalue weighted by Crippen LogP contribution is 2.35. The largest absolute Gasteiger partial charge is 0.493 e. The fourth-order valence-corrected chi connectivity index (χ4v) is 3.32. The summed E-state index contributed by atoms with van der Waals surface area (Å²) in [5.74, 6) is 1.69. The van der Waals surface area contributed by atoms with Crippen LogP contribution in [0.5, 0.6) is 5.75 Å². The van der Waals surface area contributed by atoms with Crippen molar-refractivity contribution in [1.82, 2.24) is 4.90 Å². The third-order valence-electron chi connectivity index (χ3n) is 4.43. The van der Waals surface area contributed by atoms with Gasteiger partial charge in [-0.05, 0) is 37.8 Å². The maximum Gasteiger partial charge on any atom is 0.230 e. The molecule has 2 aliphatic rings. The number of ether oxygens (including phenoxy) is 1. The molecule has 108 valence electrons. The summed E-state index contributed by atoms with van der Waals surface area (Å²) in [5, 5.41) is 0. The SMILES string of the molecule is NCCC1CCN(C(=O)C2CCOc3ccccc32)C1. The Bertz CT molecular complexity index is 489. The van der Waals surface area contributed by atoms with E-state index < -0.39 is 0 Å². The van der Waals surface area contributed by atoms with Crippen molar-refractivity contribution in [1.29, 1.82) is 0 Å². The van der Waals surface area contributed by atoms with E-state index in [0.29, 0.717) is 19.1 Å². The number of nitrogens with zero attached hydrogens (tertiary/aromatic N) is 1. The van der Waals surface area contributed by atoms with E-state index in [1.807, 2.05) is 29.2 Å². The Balaban J connectivity index is 1.73. The number of benzene rings is 1. The van der Waals surface area contributed by atoms with Gasteiger partial charge in [-0.25, -0.2) is 0 Å². The first-order valence-corrected chi connectivity index (χ1v) is 7.50. The van der Waals surface area contributed by atoms with Gasteiger partial charge in [-0.15, -0.1) is 0 Å². The Hall–Kier alpha value is -1.55. The minimum Gasteiger partial charge on any atom is -0.493 e. The molecule has 0 spiro atoms. The Morgan fingerprint density at radius 2 is 2.20 bits per heavy atom. The summed E-state index contributed by atoms with van der Waals surface area (Å²) in [6, 6.07) is 7.91. The quantitative estimate of drug-likeness (QED) is 0.913. The Morgan fingerprint density at radius 3 is 3.05 bits per heavy atom. The topological polar surface area (TPSA) is 55.6 Å². The lowest BCUT2D eigenvalue weighted by Crippen LogP contribution is -2.35. The van der Waals surface area contributed by atoms with Crippen molar-refractivity contribution < 1.29 is 9.53 Å². The van der Waals surface area contributed by atoms with Crippen LogP contribution in [0.2, 0.25) is 0 Å². The lowest BCUT2D eigenvalue weighted by Gasteiger charge is -2.28. The zero-order valence-corrected chi connectivity index (χ0v) is 11.8. The molecule has 2 unspecified atom stereocenters. The molecule has 1 saturated heterocycles. The minimum atomic E-state index is -0.0309. The van der Waals surface area contributed by atoms with E-state index in [9.17, 15) is 4.79 Å². The van der Waals surface area contributed by atoms with Gasteiger partial charge in [0.2, 0.25) is 5.91 Å². The van der Waals surface area contributed by atoms with Crippen LogP contribution < -0.4 is 10.5 Å². The van der Waals surface area contributed by atoms with Crippen LogP contribution in [0.4, 0.5) is 0 Å². The van der Waals surface area contributed by atoms with Crippen LogP contribution in [0.1, 0.15) is 30.7 Å². The van der Waals surface area contributed by atoms with E-state index in [1.54, 1.807) is 0 Å². The summed E-state index contributed by atoms with van der Waals surface area (Å²) in [7, 11) is 0. The minimum absolute atomic E-state index is 0.0309. The highest BCUT2D eigenvalue weighted by atomic mass is 16.5. The van der Waals surface area contributed by atoms with E-state index in [2.05, 4.69) is 0 Å². The van der Waals surface area contributed by atoms with Crippen molar-refractivity contribution in [2.75, 3.05) is 26.2 Å². The van der Waals surface area contributed by atoms with Gasteiger partial charge in [-0.3, -0.25) is 4.79 Å². The van der Waals surface area contributed by atoms with Crippen molar-refractivity contribution in [2.24, 2.45) is 11.7 Å². The first kappa shape index (κ1) is 13.4. The lowest BCUT2D eigenvalue weighted by molar-refractivity contribution is -0.132. The van der Waals surface area contributed by atoms with Crippen molar-refractivity contribution >= 4 is 5.91 Å². The molecular formula is C16H22N2O2. The molecule has 3 rings (SSSR count). The van der Waals surface area contributed by atoms with Gasteiger partial charge in [0, 0.05) is 18.7 Å². The van der Waals surface area contributed by atoms with Crippen LogP contribution in [0.15, 0.2) is 24.3 Å².